The zero-order valence-electron chi connectivity index (χ0n) is 14.9. The molecule has 3 aromatic rings. The first-order valence-electron chi connectivity index (χ1n) is 8.19. The number of methoxy groups -OCH3 is 1. The van der Waals surface area contributed by atoms with Gasteiger partial charge in [-0.3, -0.25) is 4.79 Å². The molecule has 0 saturated heterocycles. The van der Waals surface area contributed by atoms with Crippen LogP contribution >= 0.6 is 11.6 Å². The van der Waals surface area contributed by atoms with Crippen LogP contribution in [0.25, 0.3) is 11.0 Å². The molecule has 0 fully saturated rings. The van der Waals surface area contributed by atoms with Crippen molar-refractivity contribution in [3.8, 4) is 11.5 Å². The van der Waals surface area contributed by atoms with E-state index in [1.54, 1.807) is 56.6 Å². The molecule has 0 aliphatic rings. The first-order chi connectivity index (χ1) is 13.0. The lowest BCUT2D eigenvalue weighted by molar-refractivity contribution is -0.132. The number of likely N-dealkylation sites (N-methyl/N-ethyl adjacent to an activating group) is 1. The Hall–Kier alpha value is -2.99. The van der Waals surface area contributed by atoms with E-state index < -0.39 is 5.63 Å². The van der Waals surface area contributed by atoms with Crippen LogP contribution in [0.3, 0.4) is 0 Å². The molecule has 0 unspecified atom stereocenters. The van der Waals surface area contributed by atoms with Crippen LogP contribution in [0.5, 0.6) is 11.5 Å². The molecule has 0 spiro atoms. The Balaban J connectivity index is 1.65. The number of hydrogen-bond acceptors (Lipinski definition) is 5. The van der Waals surface area contributed by atoms with Gasteiger partial charge in [0.1, 0.15) is 17.1 Å². The van der Waals surface area contributed by atoms with Crippen molar-refractivity contribution in [3.63, 3.8) is 0 Å². The van der Waals surface area contributed by atoms with Crippen molar-refractivity contribution in [2.24, 2.45) is 0 Å². The Kier molecular flexibility index (Phi) is 5.66. The summed E-state index contributed by atoms with van der Waals surface area (Å²) in [6, 6.07) is 13.3. The highest BCUT2D eigenvalue weighted by Gasteiger charge is 2.13. The van der Waals surface area contributed by atoms with Gasteiger partial charge in [0.2, 0.25) is 0 Å². The SMILES string of the molecule is COc1ccc(Cl)cc1CN(C)C(=O)COc1ccc2ccc(=O)oc2c1. The normalized spacial score (nSPS) is 10.6. The molecule has 2 aromatic carbocycles. The van der Waals surface area contributed by atoms with Gasteiger partial charge in [-0.25, -0.2) is 4.79 Å². The van der Waals surface area contributed by atoms with E-state index in [1.807, 2.05) is 0 Å². The topological polar surface area (TPSA) is 69.0 Å². The number of rotatable bonds is 6. The number of benzene rings is 2. The van der Waals surface area contributed by atoms with Crippen LogP contribution in [-0.4, -0.2) is 31.6 Å². The number of nitrogens with zero attached hydrogens (tertiary/aromatic N) is 1. The molecule has 0 aliphatic heterocycles. The van der Waals surface area contributed by atoms with E-state index in [9.17, 15) is 9.59 Å². The number of halogens is 1. The molecule has 0 radical (unpaired) electrons. The minimum Gasteiger partial charge on any atom is -0.496 e. The summed E-state index contributed by atoms with van der Waals surface area (Å²) in [6.07, 6.45) is 0. The van der Waals surface area contributed by atoms with Crippen molar-refractivity contribution in [2.45, 2.75) is 6.54 Å². The Labute approximate surface area is 160 Å². The second-order valence-electron chi connectivity index (χ2n) is 5.95. The first kappa shape index (κ1) is 18.8. The van der Waals surface area contributed by atoms with E-state index in [4.69, 9.17) is 25.5 Å². The second kappa shape index (κ2) is 8.14. The van der Waals surface area contributed by atoms with Gasteiger partial charge in [-0.1, -0.05) is 11.6 Å². The number of carbonyl (C=O) groups is 1. The minimum absolute atomic E-state index is 0.151. The lowest BCUT2D eigenvalue weighted by Crippen LogP contribution is -2.31. The summed E-state index contributed by atoms with van der Waals surface area (Å²) in [4.78, 5) is 25.2. The van der Waals surface area contributed by atoms with Crippen LogP contribution in [0.1, 0.15) is 5.56 Å². The molecule has 1 amide bonds. The molecule has 7 heteroatoms. The summed E-state index contributed by atoms with van der Waals surface area (Å²) >= 11 is 6.02. The lowest BCUT2D eigenvalue weighted by Gasteiger charge is -2.19. The highest BCUT2D eigenvalue weighted by atomic mass is 35.5. The van der Waals surface area contributed by atoms with Crippen molar-refractivity contribution in [3.05, 3.63) is 69.5 Å². The fraction of sp³-hybridized carbons (Fsp3) is 0.200. The Morgan fingerprint density at radius 1 is 1.15 bits per heavy atom. The third-order valence-electron chi connectivity index (χ3n) is 4.03. The van der Waals surface area contributed by atoms with Gasteiger partial charge < -0.3 is 18.8 Å². The third-order valence-corrected chi connectivity index (χ3v) is 4.27. The van der Waals surface area contributed by atoms with Crippen LogP contribution in [0.4, 0.5) is 0 Å². The molecule has 0 saturated carbocycles. The predicted octanol–water partition coefficient (Wildman–Crippen LogP) is 3.49. The van der Waals surface area contributed by atoms with E-state index in [1.165, 1.54) is 11.0 Å². The van der Waals surface area contributed by atoms with Crippen molar-refractivity contribution >= 4 is 28.5 Å². The fourth-order valence-corrected chi connectivity index (χ4v) is 2.80. The maximum atomic E-state index is 12.4. The molecule has 1 heterocycles. The average Bonchev–Trinajstić information content (AvgIpc) is 2.65. The molecule has 3 rings (SSSR count). The van der Waals surface area contributed by atoms with E-state index >= 15 is 0 Å². The number of amides is 1. The number of hydrogen-bond donors (Lipinski definition) is 0. The monoisotopic (exact) mass is 387 g/mol. The Bertz CT molecular complexity index is 1030. The first-order valence-corrected chi connectivity index (χ1v) is 8.57. The zero-order chi connectivity index (χ0) is 19.4. The molecule has 140 valence electrons. The van der Waals surface area contributed by atoms with Crippen LogP contribution in [0.2, 0.25) is 5.02 Å². The van der Waals surface area contributed by atoms with Crippen molar-refractivity contribution < 1.29 is 18.7 Å². The lowest BCUT2D eigenvalue weighted by atomic mass is 10.2. The summed E-state index contributed by atoms with van der Waals surface area (Å²) < 4.78 is 16.0. The van der Waals surface area contributed by atoms with Gasteiger partial charge in [0.05, 0.1) is 7.11 Å². The van der Waals surface area contributed by atoms with Crippen LogP contribution in [0, 0.1) is 0 Å². The van der Waals surface area contributed by atoms with Gasteiger partial charge in [-0.05, 0) is 36.4 Å². The molecule has 0 N–H and O–H groups in total. The van der Waals surface area contributed by atoms with Crippen molar-refractivity contribution in [1.29, 1.82) is 0 Å². The Morgan fingerprint density at radius 2 is 1.93 bits per heavy atom. The average molecular weight is 388 g/mol. The standard InChI is InChI=1S/C20H18ClNO5/c1-22(11-14-9-15(21)5-7-17(14)25-2)19(23)12-26-16-6-3-13-4-8-20(24)27-18(13)10-16/h3-10H,11-12H2,1-2H3. The maximum Gasteiger partial charge on any atom is 0.336 e. The molecular weight excluding hydrogens is 370 g/mol. The van der Waals surface area contributed by atoms with Gasteiger partial charge >= 0.3 is 5.63 Å². The molecular formula is C20H18ClNO5. The van der Waals surface area contributed by atoms with Crippen molar-refractivity contribution in [2.75, 3.05) is 20.8 Å². The van der Waals surface area contributed by atoms with E-state index in [-0.39, 0.29) is 12.5 Å². The van der Waals surface area contributed by atoms with Gasteiger partial charge in [-0.15, -0.1) is 0 Å². The number of carbonyl (C=O) groups excluding carboxylic acids is 1. The molecule has 0 atom stereocenters. The third kappa shape index (κ3) is 4.60. The van der Waals surface area contributed by atoms with Gasteiger partial charge in [0.15, 0.2) is 6.61 Å². The maximum absolute atomic E-state index is 12.4. The van der Waals surface area contributed by atoms with Crippen LogP contribution < -0.4 is 15.1 Å². The van der Waals surface area contributed by atoms with Gasteiger partial charge in [0, 0.05) is 41.7 Å². The molecule has 27 heavy (non-hydrogen) atoms. The van der Waals surface area contributed by atoms with Crippen LogP contribution in [0.15, 0.2) is 57.7 Å². The Morgan fingerprint density at radius 3 is 2.70 bits per heavy atom. The summed E-state index contributed by atoms with van der Waals surface area (Å²) in [5, 5.41) is 1.35. The quantitative estimate of drug-likeness (QED) is 0.605. The van der Waals surface area contributed by atoms with E-state index in [2.05, 4.69) is 0 Å². The summed E-state index contributed by atoms with van der Waals surface area (Å²) in [5.41, 5.74) is 0.767. The smallest absolute Gasteiger partial charge is 0.336 e. The summed E-state index contributed by atoms with van der Waals surface area (Å²) in [6.45, 7) is 0.181. The van der Waals surface area contributed by atoms with E-state index in [0.29, 0.717) is 28.6 Å². The van der Waals surface area contributed by atoms with Crippen LogP contribution in [-0.2, 0) is 11.3 Å². The predicted molar refractivity (Wildman–Crippen MR) is 102 cm³/mol. The zero-order valence-corrected chi connectivity index (χ0v) is 15.7. The van der Waals surface area contributed by atoms with E-state index in [0.717, 1.165) is 10.9 Å². The molecule has 0 bridgehead atoms. The van der Waals surface area contributed by atoms with Gasteiger partial charge in [-0.2, -0.15) is 0 Å². The number of ether oxygens (including phenoxy) is 2. The fourth-order valence-electron chi connectivity index (χ4n) is 2.60. The minimum atomic E-state index is -0.439. The van der Waals surface area contributed by atoms with Gasteiger partial charge in [0.25, 0.3) is 5.91 Å². The summed E-state index contributed by atoms with van der Waals surface area (Å²) in [5.74, 6) is 0.884. The number of fused-ring (bicyclic) bond motifs is 1. The highest BCUT2D eigenvalue weighted by Crippen LogP contribution is 2.24. The van der Waals surface area contributed by atoms with Crippen molar-refractivity contribution in [1.82, 2.24) is 4.90 Å². The second-order valence-corrected chi connectivity index (χ2v) is 6.39. The largest absolute Gasteiger partial charge is 0.496 e. The molecule has 0 aliphatic carbocycles. The summed E-state index contributed by atoms with van der Waals surface area (Å²) in [7, 11) is 3.24. The molecule has 1 aromatic heterocycles. The highest BCUT2D eigenvalue weighted by molar-refractivity contribution is 6.30. The molecule has 6 nitrogen and oxygen atoms in total.